The van der Waals surface area contributed by atoms with Crippen molar-refractivity contribution in [2.45, 2.75) is 39.3 Å². The quantitative estimate of drug-likeness (QED) is 0.683. The van der Waals surface area contributed by atoms with Gasteiger partial charge in [-0.3, -0.25) is 4.79 Å². The third kappa shape index (κ3) is 5.35. The van der Waals surface area contributed by atoms with Crippen LogP contribution in [-0.2, 0) is 0 Å². The molecular formula is C19H29BrN4O4. The van der Waals surface area contributed by atoms with Crippen LogP contribution in [0, 0.1) is 5.92 Å². The maximum absolute atomic E-state index is 13.0. The van der Waals surface area contributed by atoms with Gasteiger partial charge in [0.15, 0.2) is 0 Å². The summed E-state index contributed by atoms with van der Waals surface area (Å²) < 4.78 is 6.77. The van der Waals surface area contributed by atoms with E-state index in [2.05, 4.69) is 26.2 Å². The molecule has 0 radical (unpaired) electrons. The van der Waals surface area contributed by atoms with E-state index in [0.29, 0.717) is 29.7 Å². The molecule has 0 unspecified atom stereocenters. The molecule has 2 N–H and O–H groups in total. The summed E-state index contributed by atoms with van der Waals surface area (Å²) in [5, 5.41) is 12.5. The molecule has 0 aliphatic carbocycles. The number of rotatable bonds is 6. The maximum Gasteiger partial charge on any atom is 0.317 e. The number of aliphatic hydroxyl groups is 1. The molecule has 156 valence electrons. The first kappa shape index (κ1) is 22.4. The van der Waals surface area contributed by atoms with Crippen LogP contribution in [-0.4, -0.2) is 77.3 Å². The zero-order valence-corrected chi connectivity index (χ0v) is 18.4. The summed E-state index contributed by atoms with van der Waals surface area (Å²) in [5.41, 5.74) is 0.338. The summed E-state index contributed by atoms with van der Waals surface area (Å²) in [6.45, 7) is 6.99. The Labute approximate surface area is 174 Å². The van der Waals surface area contributed by atoms with Gasteiger partial charge in [0.2, 0.25) is 5.88 Å². The number of carbonyl (C=O) groups excluding carboxylic acids is 2. The number of aromatic nitrogens is 1. The van der Waals surface area contributed by atoms with Gasteiger partial charge in [-0.25, -0.2) is 9.78 Å². The zero-order valence-electron chi connectivity index (χ0n) is 16.8. The van der Waals surface area contributed by atoms with E-state index in [1.165, 1.54) is 0 Å². The number of pyridine rings is 1. The van der Waals surface area contributed by atoms with Gasteiger partial charge in [0.1, 0.15) is 11.7 Å². The standard InChI is InChI=1S/C19H29BrN4O4/c1-5-6-21-19(27)23(4)10-16-12(2)9-24(13(3)11-25)18(26)15-7-14(20)8-22-17(15)28-16/h7-8,12-13,16,25H,5-6,9-11H2,1-4H3,(H,21,27)/t12-,13-,16-/m1/s1. The summed E-state index contributed by atoms with van der Waals surface area (Å²) in [5.74, 6) is -0.0649. The van der Waals surface area contributed by atoms with Crippen molar-refractivity contribution in [1.29, 1.82) is 0 Å². The second-order valence-electron chi connectivity index (χ2n) is 7.24. The lowest BCUT2D eigenvalue weighted by atomic mass is 10.0. The van der Waals surface area contributed by atoms with E-state index in [-0.39, 0.29) is 42.5 Å². The van der Waals surface area contributed by atoms with Crippen LogP contribution < -0.4 is 10.1 Å². The minimum absolute atomic E-state index is 0.0713. The number of hydrogen-bond acceptors (Lipinski definition) is 5. The van der Waals surface area contributed by atoms with Crippen LogP contribution in [0.4, 0.5) is 4.79 Å². The van der Waals surface area contributed by atoms with Gasteiger partial charge in [-0.15, -0.1) is 0 Å². The number of likely N-dealkylation sites (N-methyl/N-ethyl adjacent to an activating group) is 1. The van der Waals surface area contributed by atoms with Gasteiger partial charge in [0.25, 0.3) is 5.91 Å². The number of fused-ring (bicyclic) bond motifs is 1. The number of hydrogen-bond donors (Lipinski definition) is 2. The molecule has 1 aliphatic heterocycles. The maximum atomic E-state index is 13.0. The number of nitrogens with one attached hydrogen (secondary N) is 1. The molecule has 0 saturated carbocycles. The molecule has 2 heterocycles. The Morgan fingerprint density at radius 1 is 1.57 bits per heavy atom. The Bertz CT molecular complexity index is 703. The van der Waals surface area contributed by atoms with Gasteiger partial charge in [-0.2, -0.15) is 0 Å². The lowest BCUT2D eigenvalue weighted by Gasteiger charge is -2.37. The van der Waals surface area contributed by atoms with Crippen molar-refractivity contribution in [2.75, 3.05) is 33.3 Å². The van der Waals surface area contributed by atoms with Crippen LogP contribution in [0.5, 0.6) is 5.88 Å². The first-order chi connectivity index (χ1) is 13.3. The number of halogens is 1. The molecule has 0 bridgehead atoms. The molecule has 3 atom stereocenters. The lowest BCUT2D eigenvalue weighted by molar-refractivity contribution is 0.0352. The zero-order chi connectivity index (χ0) is 20.8. The molecule has 0 fully saturated rings. The topological polar surface area (TPSA) is 95.0 Å². The molecule has 1 aliphatic rings. The molecule has 9 heteroatoms. The highest BCUT2D eigenvalue weighted by Gasteiger charge is 2.34. The van der Waals surface area contributed by atoms with E-state index < -0.39 is 0 Å². The van der Waals surface area contributed by atoms with Gasteiger partial charge >= 0.3 is 6.03 Å². The molecule has 2 rings (SSSR count). The van der Waals surface area contributed by atoms with E-state index in [4.69, 9.17) is 4.74 Å². The molecule has 28 heavy (non-hydrogen) atoms. The number of amides is 3. The van der Waals surface area contributed by atoms with Gasteiger partial charge in [-0.1, -0.05) is 13.8 Å². The minimum atomic E-state index is -0.355. The van der Waals surface area contributed by atoms with Crippen LogP contribution >= 0.6 is 15.9 Å². The van der Waals surface area contributed by atoms with Gasteiger partial charge in [-0.05, 0) is 35.3 Å². The Hall–Kier alpha value is -1.87. The first-order valence-corrected chi connectivity index (χ1v) is 10.3. The fourth-order valence-electron chi connectivity index (χ4n) is 3.01. The first-order valence-electron chi connectivity index (χ1n) is 9.51. The Balaban J connectivity index is 2.31. The molecule has 1 aromatic heterocycles. The van der Waals surface area contributed by atoms with E-state index >= 15 is 0 Å². The Morgan fingerprint density at radius 3 is 2.93 bits per heavy atom. The summed E-state index contributed by atoms with van der Waals surface area (Å²) >= 11 is 3.35. The molecule has 0 saturated heterocycles. The molecule has 8 nitrogen and oxygen atoms in total. The van der Waals surface area contributed by atoms with E-state index in [9.17, 15) is 14.7 Å². The third-order valence-electron chi connectivity index (χ3n) is 4.81. The van der Waals surface area contributed by atoms with E-state index in [1.807, 2.05) is 13.8 Å². The van der Waals surface area contributed by atoms with Gasteiger partial charge in [0, 0.05) is 36.7 Å². The number of nitrogens with zero attached hydrogens (tertiary/aromatic N) is 3. The lowest BCUT2D eigenvalue weighted by Crippen LogP contribution is -2.51. The van der Waals surface area contributed by atoms with Crippen molar-refractivity contribution in [2.24, 2.45) is 5.92 Å². The molecule has 3 amide bonds. The van der Waals surface area contributed by atoms with Crippen molar-refractivity contribution in [1.82, 2.24) is 20.1 Å². The van der Waals surface area contributed by atoms with Crippen LogP contribution in [0.25, 0.3) is 0 Å². The number of carbonyl (C=O) groups is 2. The number of urea groups is 1. The van der Waals surface area contributed by atoms with Crippen molar-refractivity contribution in [3.8, 4) is 5.88 Å². The second kappa shape index (κ2) is 10.1. The van der Waals surface area contributed by atoms with Crippen molar-refractivity contribution in [3.05, 3.63) is 22.3 Å². The molecule has 0 spiro atoms. The fraction of sp³-hybridized carbons (Fsp3) is 0.632. The molecule has 0 aromatic carbocycles. The van der Waals surface area contributed by atoms with Crippen molar-refractivity contribution in [3.63, 3.8) is 0 Å². The fourth-order valence-corrected chi connectivity index (χ4v) is 3.35. The minimum Gasteiger partial charge on any atom is -0.472 e. The van der Waals surface area contributed by atoms with Crippen LogP contribution in [0.1, 0.15) is 37.6 Å². The van der Waals surface area contributed by atoms with Gasteiger partial charge < -0.3 is 25.0 Å². The highest BCUT2D eigenvalue weighted by molar-refractivity contribution is 9.10. The van der Waals surface area contributed by atoms with Crippen LogP contribution in [0.3, 0.4) is 0 Å². The van der Waals surface area contributed by atoms with Crippen LogP contribution in [0.15, 0.2) is 16.7 Å². The largest absolute Gasteiger partial charge is 0.472 e. The predicted molar refractivity (Wildman–Crippen MR) is 109 cm³/mol. The highest BCUT2D eigenvalue weighted by Crippen LogP contribution is 2.28. The normalized spacial score (nSPS) is 20.5. The van der Waals surface area contributed by atoms with Gasteiger partial charge in [0.05, 0.1) is 19.2 Å². The monoisotopic (exact) mass is 456 g/mol. The third-order valence-corrected chi connectivity index (χ3v) is 5.25. The number of ether oxygens (including phenoxy) is 1. The summed E-state index contributed by atoms with van der Waals surface area (Å²) in [7, 11) is 1.72. The molecular weight excluding hydrogens is 428 g/mol. The average Bonchev–Trinajstić information content (AvgIpc) is 2.68. The van der Waals surface area contributed by atoms with E-state index in [1.54, 1.807) is 36.0 Å². The Morgan fingerprint density at radius 2 is 2.29 bits per heavy atom. The average molecular weight is 457 g/mol. The van der Waals surface area contributed by atoms with Crippen molar-refractivity contribution < 1.29 is 19.4 Å². The second-order valence-corrected chi connectivity index (χ2v) is 8.16. The summed E-state index contributed by atoms with van der Waals surface area (Å²) in [4.78, 5) is 32.8. The van der Waals surface area contributed by atoms with E-state index in [0.717, 1.165) is 6.42 Å². The summed E-state index contributed by atoms with van der Waals surface area (Å²) in [6, 6.07) is 1.17. The highest BCUT2D eigenvalue weighted by atomic mass is 79.9. The van der Waals surface area contributed by atoms with Crippen LogP contribution in [0.2, 0.25) is 0 Å². The van der Waals surface area contributed by atoms with Crippen molar-refractivity contribution >= 4 is 27.9 Å². The smallest absolute Gasteiger partial charge is 0.317 e. The summed E-state index contributed by atoms with van der Waals surface area (Å²) in [6.07, 6.45) is 2.08. The Kier molecular flexibility index (Phi) is 8.06. The molecule has 1 aromatic rings. The SMILES string of the molecule is CCCNC(=O)N(C)C[C@H]1Oc2ncc(Br)cc2C(=O)N([C@H](C)CO)C[C@H]1C. The predicted octanol–water partition coefficient (Wildman–Crippen LogP) is 2.12. The number of aliphatic hydroxyl groups excluding tert-OH is 1.